The first-order chi connectivity index (χ1) is 9.78. The summed E-state index contributed by atoms with van der Waals surface area (Å²) in [6, 6.07) is -0.417. The number of aliphatic hydroxyl groups excluding tert-OH is 1. The molecule has 1 rings (SSSR count). The molecule has 120 valence electrons. The highest BCUT2D eigenvalue weighted by molar-refractivity contribution is 7.89. The maximum absolute atomic E-state index is 12.5. The van der Waals surface area contributed by atoms with E-state index in [-0.39, 0.29) is 28.6 Å². The summed E-state index contributed by atoms with van der Waals surface area (Å²) in [5.41, 5.74) is -0.0960. The SMILES string of the molecule is CCC(CCO)NS(=O)(=O)c1c(C)oc(C)c1C(=O)OC. The maximum Gasteiger partial charge on any atom is 0.342 e. The molecule has 0 radical (unpaired) electrons. The summed E-state index contributed by atoms with van der Waals surface area (Å²) >= 11 is 0. The van der Waals surface area contributed by atoms with Crippen molar-refractivity contribution < 1.29 is 27.5 Å². The minimum absolute atomic E-state index is 0.0960. The van der Waals surface area contributed by atoms with E-state index in [1.54, 1.807) is 6.92 Å². The Morgan fingerprint density at radius 2 is 2.00 bits per heavy atom. The van der Waals surface area contributed by atoms with Gasteiger partial charge in [-0.1, -0.05) is 6.92 Å². The van der Waals surface area contributed by atoms with Gasteiger partial charge in [0.2, 0.25) is 10.0 Å². The Balaban J connectivity index is 3.28. The number of carbonyl (C=O) groups is 1. The molecule has 0 saturated heterocycles. The first kappa shape index (κ1) is 17.7. The molecule has 1 atom stereocenters. The Hall–Kier alpha value is -1.38. The zero-order valence-corrected chi connectivity index (χ0v) is 13.4. The van der Waals surface area contributed by atoms with Gasteiger partial charge in [-0.15, -0.1) is 0 Å². The summed E-state index contributed by atoms with van der Waals surface area (Å²) in [5, 5.41) is 8.95. The molecule has 0 fully saturated rings. The molecule has 0 aromatic carbocycles. The Morgan fingerprint density at radius 3 is 2.48 bits per heavy atom. The van der Waals surface area contributed by atoms with Gasteiger partial charge in [0.15, 0.2) is 0 Å². The molecule has 0 aliphatic rings. The second-order valence-corrected chi connectivity index (χ2v) is 6.30. The first-order valence-corrected chi connectivity index (χ1v) is 8.08. The number of furan rings is 1. The molecule has 1 heterocycles. The van der Waals surface area contributed by atoms with Gasteiger partial charge in [0.1, 0.15) is 22.0 Å². The minimum Gasteiger partial charge on any atom is -0.465 e. The van der Waals surface area contributed by atoms with Crippen LogP contribution >= 0.6 is 0 Å². The smallest absolute Gasteiger partial charge is 0.342 e. The van der Waals surface area contributed by atoms with Crippen molar-refractivity contribution in [3.8, 4) is 0 Å². The molecular formula is C13H21NO6S. The summed E-state index contributed by atoms with van der Waals surface area (Å²) in [7, 11) is -2.77. The van der Waals surface area contributed by atoms with Gasteiger partial charge in [-0.05, 0) is 26.7 Å². The van der Waals surface area contributed by atoms with E-state index >= 15 is 0 Å². The average molecular weight is 319 g/mol. The van der Waals surface area contributed by atoms with Crippen LogP contribution < -0.4 is 4.72 Å². The number of carbonyl (C=O) groups excluding carboxylic acids is 1. The number of aliphatic hydroxyl groups is 1. The van der Waals surface area contributed by atoms with Gasteiger partial charge in [-0.25, -0.2) is 17.9 Å². The topological polar surface area (TPSA) is 106 Å². The molecule has 2 N–H and O–H groups in total. The number of rotatable bonds is 7. The van der Waals surface area contributed by atoms with E-state index in [2.05, 4.69) is 9.46 Å². The van der Waals surface area contributed by atoms with Crippen molar-refractivity contribution in [2.75, 3.05) is 13.7 Å². The van der Waals surface area contributed by atoms with Crippen LogP contribution in [-0.2, 0) is 14.8 Å². The Bertz CT molecular complexity index is 604. The molecular weight excluding hydrogens is 298 g/mol. The maximum atomic E-state index is 12.5. The van der Waals surface area contributed by atoms with Crippen LogP contribution in [0.5, 0.6) is 0 Å². The lowest BCUT2D eigenvalue weighted by molar-refractivity contribution is 0.0594. The minimum atomic E-state index is -3.95. The predicted molar refractivity (Wildman–Crippen MR) is 75.6 cm³/mol. The van der Waals surface area contributed by atoms with Crippen LogP contribution in [0, 0.1) is 13.8 Å². The molecule has 0 saturated carbocycles. The number of hydrogen-bond acceptors (Lipinski definition) is 6. The van der Waals surface area contributed by atoms with Crippen LogP contribution in [0.25, 0.3) is 0 Å². The number of methoxy groups -OCH3 is 1. The number of sulfonamides is 1. The molecule has 0 bridgehead atoms. The van der Waals surface area contributed by atoms with Crippen molar-refractivity contribution in [2.45, 2.75) is 44.6 Å². The van der Waals surface area contributed by atoms with E-state index in [1.165, 1.54) is 21.0 Å². The van der Waals surface area contributed by atoms with E-state index in [0.29, 0.717) is 12.8 Å². The van der Waals surface area contributed by atoms with Gasteiger partial charge in [0, 0.05) is 12.6 Å². The lowest BCUT2D eigenvalue weighted by Gasteiger charge is -2.16. The molecule has 1 aromatic rings. The van der Waals surface area contributed by atoms with Crippen molar-refractivity contribution in [2.24, 2.45) is 0 Å². The van der Waals surface area contributed by atoms with Crippen LogP contribution in [-0.4, -0.2) is 39.3 Å². The summed E-state index contributed by atoms with van der Waals surface area (Å²) in [4.78, 5) is 11.6. The second-order valence-electron chi connectivity index (χ2n) is 4.65. The average Bonchev–Trinajstić information content (AvgIpc) is 2.72. The molecule has 0 aliphatic heterocycles. The molecule has 8 heteroatoms. The Morgan fingerprint density at radius 1 is 1.38 bits per heavy atom. The molecule has 1 aromatic heterocycles. The standard InChI is InChI=1S/C13H21NO6S/c1-5-10(6-7-15)14-21(17,18)12-9(3)20-8(2)11(12)13(16)19-4/h10,14-15H,5-7H2,1-4H3. The van der Waals surface area contributed by atoms with E-state index in [0.717, 1.165) is 0 Å². The first-order valence-electron chi connectivity index (χ1n) is 6.59. The van der Waals surface area contributed by atoms with Crippen molar-refractivity contribution in [3.63, 3.8) is 0 Å². The summed E-state index contributed by atoms with van der Waals surface area (Å²) in [6.45, 7) is 4.65. The highest BCUT2D eigenvalue weighted by Gasteiger charge is 2.32. The fourth-order valence-electron chi connectivity index (χ4n) is 2.11. The highest BCUT2D eigenvalue weighted by Crippen LogP contribution is 2.27. The van der Waals surface area contributed by atoms with Crippen molar-refractivity contribution in [1.29, 1.82) is 0 Å². The van der Waals surface area contributed by atoms with Gasteiger partial charge in [-0.3, -0.25) is 0 Å². The Labute approximate surface area is 124 Å². The highest BCUT2D eigenvalue weighted by atomic mass is 32.2. The number of aryl methyl sites for hydroxylation is 2. The second kappa shape index (κ2) is 7.06. The summed E-state index contributed by atoms with van der Waals surface area (Å²) < 4.78 is 37.3. The normalized spacial score (nSPS) is 13.2. The molecule has 0 aliphatic carbocycles. The van der Waals surface area contributed by atoms with Gasteiger partial charge >= 0.3 is 5.97 Å². The molecule has 1 unspecified atom stereocenters. The summed E-state index contributed by atoms with van der Waals surface area (Å²) in [5.74, 6) is -0.450. The lowest BCUT2D eigenvalue weighted by Crippen LogP contribution is -2.36. The molecule has 0 amide bonds. The number of esters is 1. The quantitative estimate of drug-likeness (QED) is 0.730. The van der Waals surface area contributed by atoms with E-state index in [4.69, 9.17) is 9.52 Å². The number of ether oxygens (including phenoxy) is 1. The van der Waals surface area contributed by atoms with Crippen molar-refractivity contribution in [3.05, 3.63) is 17.1 Å². The van der Waals surface area contributed by atoms with Gasteiger partial charge < -0.3 is 14.3 Å². The van der Waals surface area contributed by atoms with Crippen LogP contribution in [0.15, 0.2) is 9.31 Å². The van der Waals surface area contributed by atoms with Crippen molar-refractivity contribution >= 4 is 16.0 Å². The molecule has 7 nitrogen and oxygen atoms in total. The third-order valence-corrected chi connectivity index (χ3v) is 4.83. The van der Waals surface area contributed by atoms with E-state index in [1.807, 2.05) is 0 Å². The van der Waals surface area contributed by atoms with Gasteiger partial charge in [0.25, 0.3) is 0 Å². The largest absolute Gasteiger partial charge is 0.465 e. The zero-order valence-electron chi connectivity index (χ0n) is 12.6. The van der Waals surface area contributed by atoms with Gasteiger partial charge in [0.05, 0.1) is 7.11 Å². The summed E-state index contributed by atoms with van der Waals surface area (Å²) in [6.07, 6.45) is 0.808. The van der Waals surface area contributed by atoms with Crippen LogP contribution in [0.4, 0.5) is 0 Å². The number of nitrogens with one attached hydrogen (secondary N) is 1. The number of hydrogen-bond donors (Lipinski definition) is 2. The molecule has 21 heavy (non-hydrogen) atoms. The van der Waals surface area contributed by atoms with Gasteiger partial charge in [-0.2, -0.15) is 0 Å². The van der Waals surface area contributed by atoms with E-state index < -0.39 is 22.0 Å². The molecule has 0 spiro atoms. The third-order valence-electron chi connectivity index (χ3n) is 3.16. The predicted octanol–water partition coefficient (Wildman–Crippen LogP) is 1.12. The van der Waals surface area contributed by atoms with Crippen LogP contribution in [0.1, 0.15) is 41.6 Å². The van der Waals surface area contributed by atoms with Crippen LogP contribution in [0.3, 0.4) is 0 Å². The van der Waals surface area contributed by atoms with Crippen LogP contribution in [0.2, 0.25) is 0 Å². The Kier molecular flexibility index (Phi) is 5.94. The van der Waals surface area contributed by atoms with Crippen molar-refractivity contribution in [1.82, 2.24) is 4.72 Å². The fourth-order valence-corrected chi connectivity index (χ4v) is 3.86. The van der Waals surface area contributed by atoms with E-state index in [9.17, 15) is 13.2 Å². The monoisotopic (exact) mass is 319 g/mol. The zero-order chi connectivity index (χ0) is 16.2. The fraction of sp³-hybridized carbons (Fsp3) is 0.615. The lowest BCUT2D eigenvalue weighted by atomic mass is 10.2. The third kappa shape index (κ3) is 3.84.